The van der Waals surface area contributed by atoms with Crippen LogP contribution in [0, 0.1) is 0 Å². The monoisotopic (exact) mass is 338 g/mol. The number of rotatable bonds is 7. The van der Waals surface area contributed by atoms with Gasteiger partial charge in [-0.2, -0.15) is 0 Å². The summed E-state index contributed by atoms with van der Waals surface area (Å²) in [7, 11) is 0. The quantitative estimate of drug-likeness (QED) is 0.814. The molecule has 5 nitrogen and oxygen atoms in total. The smallest absolute Gasteiger partial charge is 0.222 e. The Morgan fingerprint density at radius 1 is 1.00 bits per heavy atom. The van der Waals surface area contributed by atoms with Crippen LogP contribution in [0.5, 0.6) is 0 Å². The summed E-state index contributed by atoms with van der Waals surface area (Å²) < 4.78 is 0. The molecule has 2 heterocycles. The molecule has 0 saturated carbocycles. The van der Waals surface area contributed by atoms with E-state index in [1.165, 1.54) is 24.9 Å². The second-order valence-electron chi connectivity index (χ2n) is 6.40. The van der Waals surface area contributed by atoms with Gasteiger partial charge in [-0.25, -0.2) is 0 Å². The van der Waals surface area contributed by atoms with Crippen molar-refractivity contribution in [2.24, 2.45) is 0 Å². The topological polar surface area (TPSA) is 57.3 Å². The van der Waals surface area contributed by atoms with E-state index in [0.29, 0.717) is 19.5 Å². The average molecular weight is 338 g/mol. The standard InChI is InChI=1S/C20H26N4O/c25-20(23-16-17-8-11-21-12-9-17)10-13-22-18-4-6-19(7-5-18)24-14-2-1-3-15-24/h4-9,11-12,22H,1-3,10,13-16H2,(H,23,25). The Balaban J connectivity index is 1.37. The molecule has 25 heavy (non-hydrogen) atoms. The number of hydrogen-bond acceptors (Lipinski definition) is 4. The maximum atomic E-state index is 11.9. The van der Waals surface area contributed by atoms with E-state index in [0.717, 1.165) is 24.3 Å². The molecule has 1 aromatic carbocycles. The first-order valence-corrected chi connectivity index (χ1v) is 9.06. The molecule has 1 aromatic heterocycles. The van der Waals surface area contributed by atoms with Gasteiger partial charge in [0.05, 0.1) is 0 Å². The zero-order chi connectivity index (χ0) is 17.3. The highest BCUT2D eigenvalue weighted by atomic mass is 16.1. The highest BCUT2D eigenvalue weighted by Gasteiger charge is 2.10. The molecule has 2 N–H and O–H groups in total. The molecule has 1 aliphatic heterocycles. The number of benzene rings is 1. The van der Waals surface area contributed by atoms with E-state index in [9.17, 15) is 4.79 Å². The molecule has 1 amide bonds. The molecule has 1 saturated heterocycles. The molecule has 0 spiro atoms. The summed E-state index contributed by atoms with van der Waals surface area (Å²) in [6.45, 7) is 3.49. The van der Waals surface area contributed by atoms with Crippen LogP contribution < -0.4 is 15.5 Å². The maximum absolute atomic E-state index is 11.9. The number of carbonyl (C=O) groups is 1. The fourth-order valence-electron chi connectivity index (χ4n) is 3.05. The molecule has 0 bridgehead atoms. The average Bonchev–Trinajstić information content (AvgIpc) is 2.68. The van der Waals surface area contributed by atoms with Crippen LogP contribution in [0.2, 0.25) is 0 Å². The van der Waals surface area contributed by atoms with Crippen molar-refractivity contribution in [2.45, 2.75) is 32.2 Å². The van der Waals surface area contributed by atoms with Crippen LogP contribution in [-0.2, 0) is 11.3 Å². The second-order valence-corrected chi connectivity index (χ2v) is 6.40. The number of aromatic nitrogens is 1. The Morgan fingerprint density at radius 3 is 2.44 bits per heavy atom. The molecule has 3 rings (SSSR count). The number of hydrogen-bond donors (Lipinski definition) is 2. The van der Waals surface area contributed by atoms with Crippen LogP contribution in [0.15, 0.2) is 48.8 Å². The van der Waals surface area contributed by atoms with E-state index < -0.39 is 0 Å². The first-order chi connectivity index (χ1) is 12.3. The van der Waals surface area contributed by atoms with Crippen molar-refractivity contribution in [1.82, 2.24) is 10.3 Å². The number of piperidine rings is 1. The summed E-state index contributed by atoms with van der Waals surface area (Å²) in [5, 5.41) is 6.24. The molecule has 0 aliphatic carbocycles. The van der Waals surface area contributed by atoms with Gasteiger partial charge < -0.3 is 15.5 Å². The van der Waals surface area contributed by atoms with E-state index in [-0.39, 0.29) is 5.91 Å². The number of nitrogens with one attached hydrogen (secondary N) is 2. The number of anilines is 2. The third-order valence-electron chi connectivity index (χ3n) is 4.51. The van der Waals surface area contributed by atoms with E-state index in [2.05, 4.69) is 44.8 Å². The molecule has 0 atom stereocenters. The molecule has 1 fully saturated rings. The van der Waals surface area contributed by atoms with Gasteiger partial charge in [-0.05, 0) is 61.2 Å². The summed E-state index contributed by atoms with van der Waals surface area (Å²) in [6.07, 6.45) is 7.84. The lowest BCUT2D eigenvalue weighted by Gasteiger charge is -2.28. The van der Waals surface area contributed by atoms with Crippen LogP contribution in [0.4, 0.5) is 11.4 Å². The first kappa shape index (κ1) is 17.3. The predicted octanol–water partition coefficient (Wildman–Crippen LogP) is 3.19. The minimum absolute atomic E-state index is 0.0502. The lowest BCUT2D eigenvalue weighted by Crippen LogP contribution is -2.29. The van der Waals surface area contributed by atoms with Gasteiger partial charge in [-0.3, -0.25) is 9.78 Å². The van der Waals surface area contributed by atoms with Crippen LogP contribution in [-0.4, -0.2) is 30.5 Å². The third-order valence-corrected chi connectivity index (χ3v) is 4.51. The molecule has 0 radical (unpaired) electrons. The third kappa shape index (κ3) is 5.48. The Kier molecular flexibility index (Phi) is 6.26. The summed E-state index contributed by atoms with van der Waals surface area (Å²) in [4.78, 5) is 18.3. The Morgan fingerprint density at radius 2 is 1.72 bits per heavy atom. The highest BCUT2D eigenvalue weighted by molar-refractivity contribution is 5.76. The van der Waals surface area contributed by atoms with Gasteiger partial charge in [-0.1, -0.05) is 0 Å². The number of amides is 1. The highest BCUT2D eigenvalue weighted by Crippen LogP contribution is 2.21. The van der Waals surface area contributed by atoms with Crippen LogP contribution in [0.3, 0.4) is 0 Å². The van der Waals surface area contributed by atoms with Gasteiger partial charge in [0.1, 0.15) is 0 Å². The Hall–Kier alpha value is -2.56. The van der Waals surface area contributed by atoms with Gasteiger partial charge in [0.25, 0.3) is 0 Å². The number of pyridine rings is 1. The van der Waals surface area contributed by atoms with E-state index in [4.69, 9.17) is 0 Å². The zero-order valence-corrected chi connectivity index (χ0v) is 14.6. The van der Waals surface area contributed by atoms with Crippen molar-refractivity contribution in [1.29, 1.82) is 0 Å². The summed E-state index contributed by atoms with van der Waals surface area (Å²) >= 11 is 0. The van der Waals surface area contributed by atoms with Gasteiger partial charge >= 0.3 is 0 Å². The van der Waals surface area contributed by atoms with Crippen LogP contribution >= 0.6 is 0 Å². The molecule has 1 aliphatic rings. The molecule has 2 aromatic rings. The largest absolute Gasteiger partial charge is 0.385 e. The Bertz CT molecular complexity index is 651. The van der Waals surface area contributed by atoms with E-state index in [1.807, 2.05) is 12.1 Å². The van der Waals surface area contributed by atoms with E-state index in [1.54, 1.807) is 12.4 Å². The zero-order valence-electron chi connectivity index (χ0n) is 14.6. The first-order valence-electron chi connectivity index (χ1n) is 9.06. The lowest BCUT2D eigenvalue weighted by atomic mass is 10.1. The minimum atomic E-state index is 0.0502. The van der Waals surface area contributed by atoms with Crippen LogP contribution in [0.1, 0.15) is 31.2 Å². The molecular weight excluding hydrogens is 312 g/mol. The molecular formula is C20H26N4O. The normalized spacial score (nSPS) is 14.2. The minimum Gasteiger partial charge on any atom is -0.385 e. The van der Waals surface area contributed by atoms with E-state index >= 15 is 0 Å². The number of carbonyl (C=O) groups excluding carboxylic acids is 1. The van der Waals surface area contributed by atoms with Gasteiger partial charge in [0.15, 0.2) is 0 Å². The van der Waals surface area contributed by atoms with Crippen LogP contribution in [0.25, 0.3) is 0 Å². The van der Waals surface area contributed by atoms with Crippen molar-refractivity contribution >= 4 is 17.3 Å². The van der Waals surface area contributed by atoms with Crippen molar-refractivity contribution in [3.63, 3.8) is 0 Å². The summed E-state index contributed by atoms with van der Waals surface area (Å²) in [5.41, 5.74) is 3.41. The summed E-state index contributed by atoms with van der Waals surface area (Å²) in [5.74, 6) is 0.0502. The fraction of sp³-hybridized carbons (Fsp3) is 0.400. The second kappa shape index (κ2) is 9.06. The lowest BCUT2D eigenvalue weighted by molar-refractivity contribution is -0.121. The molecule has 0 unspecified atom stereocenters. The van der Waals surface area contributed by atoms with Crippen molar-refractivity contribution < 1.29 is 4.79 Å². The van der Waals surface area contributed by atoms with Gasteiger partial charge in [0.2, 0.25) is 5.91 Å². The fourth-order valence-corrected chi connectivity index (χ4v) is 3.05. The maximum Gasteiger partial charge on any atom is 0.222 e. The SMILES string of the molecule is O=C(CCNc1ccc(N2CCCCC2)cc1)NCc1ccncc1. The molecule has 132 valence electrons. The van der Waals surface area contributed by atoms with Crippen molar-refractivity contribution in [3.05, 3.63) is 54.4 Å². The Labute approximate surface area is 149 Å². The van der Waals surface area contributed by atoms with Crippen molar-refractivity contribution in [2.75, 3.05) is 29.9 Å². The van der Waals surface area contributed by atoms with Gasteiger partial charge in [0, 0.05) is 56.4 Å². The summed E-state index contributed by atoms with van der Waals surface area (Å²) in [6, 6.07) is 12.3. The van der Waals surface area contributed by atoms with Crippen molar-refractivity contribution in [3.8, 4) is 0 Å². The predicted molar refractivity (Wildman–Crippen MR) is 102 cm³/mol. The number of nitrogens with zero attached hydrogens (tertiary/aromatic N) is 2. The van der Waals surface area contributed by atoms with Gasteiger partial charge in [-0.15, -0.1) is 0 Å². The molecule has 5 heteroatoms.